The number of halogens is 4. The molecule has 1 rings (SSSR count). The SMILES string of the molecule is O=C(NC(=O)C(F)(F)F)Nc1ccccc1Cl. The van der Waals surface area contributed by atoms with E-state index >= 15 is 0 Å². The number of amides is 3. The summed E-state index contributed by atoms with van der Waals surface area (Å²) in [6.07, 6.45) is -5.11. The maximum atomic E-state index is 11.8. The van der Waals surface area contributed by atoms with Crippen molar-refractivity contribution < 1.29 is 22.8 Å². The summed E-state index contributed by atoms with van der Waals surface area (Å²) < 4.78 is 35.4. The highest BCUT2D eigenvalue weighted by Crippen LogP contribution is 2.20. The lowest BCUT2D eigenvalue weighted by Crippen LogP contribution is -2.42. The summed E-state index contributed by atoms with van der Waals surface area (Å²) in [4.78, 5) is 21.4. The van der Waals surface area contributed by atoms with Crippen LogP contribution in [0.5, 0.6) is 0 Å². The van der Waals surface area contributed by atoms with Crippen molar-refractivity contribution in [2.24, 2.45) is 0 Å². The van der Waals surface area contributed by atoms with Crippen LogP contribution in [0.25, 0.3) is 0 Å². The Hall–Kier alpha value is -1.76. The highest BCUT2D eigenvalue weighted by atomic mass is 35.5. The Labute approximate surface area is 98.7 Å². The Morgan fingerprint density at radius 2 is 1.76 bits per heavy atom. The molecular weight excluding hydrogens is 261 g/mol. The Morgan fingerprint density at radius 1 is 1.18 bits per heavy atom. The first kappa shape index (κ1) is 13.3. The molecule has 17 heavy (non-hydrogen) atoms. The quantitative estimate of drug-likeness (QED) is 0.821. The zero-order valence-electron chi connectivity index (χ0n) is 8.14. The predicted molar refractivity (Wildman–Crippen MR) is 54.7 cm³/mol. The van der Waals surface area contributed by atoms with Crippen LogP contribution in [-0.2, 0) is 4.79 Å². The van der Waals surface area contributed by atoms with Crippen LogP contribution in [0.3, 0.4) is 0 Å². The Balaban J connectivity index is 2.63. The first-order chi connectivity index (χ1) is 7.80. The molecule has 0 atom stereocenters. The molecule has 1 aromatic carbocycles. The Morgan fingerprint density at radius 3 is 2.29 bits per heavy atom. The van der Waals surface area contributed by atoms with E-state index in [-0.39, 0.29) is 10.7 Å². The van der Waals surface area contributed by atoms with E-state index in [4.69, 9.17) is 11.6 Å². The summed E-state index contributed by atoms with van der Waals surface area (Å²) in [5.74, 6) is -2.35. The van der Waals surface area contributed by atoms with Crippen LogP contribution in [0.4, 0.5) is 23.7 Å². The fraction of sp³-hybridized carbons (Fsp3) is 0.111. The molecule has 0 saturated heterocycles. The van der Waals surface area contributed by atoms with E-state index in [9.17, 15) is 22.8 Å². The lowest BCUT2D eigenvalue weighted by molar-refractivity contribution is -0.172. The van der Waals surface area contributed by atoms with E-state index in [2.05, 4.69) is 0 Å². The van der Waals surface area contributed by atoms with E-state index in [1.165, 1.54) is 18.2 Å². The summed E-state index contributed by atoms with van der Waals surface area (Å²) >= 11 is 5.65. The normalized spacial score (nSPS) is 10.8. The monoisotopic (exact) mass is 266 g/mol. The van der Waals surface area contributed by atoms with E-state index in [1.807, 2.05) is 5.32 Å². The van der Waals surface area contributed by atoms with E-state index in [1.54, 1.807) is 6.07 Å². The van der Waals surface area contributed by atoms with Crippen LogP contribution < -0.4 is 10.6 Å². The minimum atomic E-state index is -5.11. The second-order valence-corrected chi connectivity index (χ2v) is 3.29. The molecule has 0 spiro atoms. The van der Waals surface area contributed by atoms with Crippen LogP contribution in [0.2, 0.25) is 5.02 Å². The van der Waals surface area contributed by atoms with Gasteiger partial charge < -0.3 is 5.32 Å². The van der Waals surface area contributed by atoms with Crippen molar-refractivity contribution in [3.8, 4) is 0 Å². The van der Waals surface area contributed by atoms with Crippen LogP contribution >= 0.6 is 11.6 Å². The predicted octanol–water partition coefficient (Wildman–Crippen LogP) is 2.55. The van der Waals surface area contributed by atoms with Crippen molar-refractivity contribution in [1.29, 1.82) is 0 Å². The molecule has 0 aliphatic rings. The number of urea groups is 1. The average molecular weight is 267 g/mol. The molecule has 0 unspecified atom stereocenters. The van der Waals surface area contributed by atoms with Gasteiger partial charge in [-0.3, -0.25) is 10.1 Å². The fourth-order valence-electron chi connectivity index (χ4n) is 0.890. The number of carbonyl (C=O) groups excluding carboxylic acids is 2. The van der Waals surface area contributed by atoms with Crippen molar-refractivity contribution in [1.82, 2.24) is 5.32 Å². The van der Waals surface area contributed by atoms with Crippen LogP contribution in [-0.4, -0.2) is 18.1 Å². The van der Waals surface area contributed by atoms with Crippen molar-refractivity contribution in [2.75, 3.05) is 5.32 Å². The summed E-state index contributed by atoms with van der Waals surface area (Å²) in [5, 5.41) is 3.27. The number of anilines is 1. The van der Waals surface area contributed by atoms with Crippen molar-refractivity contribution >= 4 is 29.2 Å². The molecule has 92 valence electrons. The van der Waals surface area contributed by atoms with Gasteiger partial charge in [0.15, 0.2) is 0 Å². The molecule has 4 nitrogen and oxygen atoms in total. The number of hydrogen-bond donors (Lipinski definition) is 2. The first-order valence-corrected chi connectivity index (χ1v) is 4.62. The van der Waals surface area contributed by atoms with Gasteiger partial charge in [-0.1, -0.05) is 23.7 Å². The number of alkyl halides is 3. The lowest BCUT2D eigenvalue weighted by atomic mass is 10.3. The molecule has 1 aromatic rings. The summed E-state index contributed by atoms with van der Waals surface area (Å²) in [6, 6.07) is 4.60. The number of rotatable bonds is 1. The number of hydrogen-bond acceptors (Lipinski definition) is 2. The molecule has 2 N–H and O–H groups in total. The van der Waals surface area contributed by atoms with Gasteiger partial charge in [0.1, 0.15) is 0 Å². The van der Waals surface area contributed by atoms with Gasteiger partial charge >= 0.3 is 18.1 Å². The van der Waals surface area contributed by atoms with Gasteiger partial charge in [-0.05, 0) is 12.1 Å². The minimum Gasteiger partial charge on any atom is -0.306 e. The number of carbonyl (C=O) groups is 2. The largest absolute Gasteiger partial charge is 0.471 e. The third-order valence-electron chi connectivity index (χ3n) is 1.61. The number of benzene rings is 1. The van der Waals surface area contributed by atoms with Gasteiger partial charge in [-0.2, -0.15) is 13.2 Å². The molecule has 0 aliphatic heterocycles. The second kappa shape index (κ2) is 5.05. The molecule has 0 aliphatic carbocycles. The molecule has 3 amide bonds. The third kappa shape index (κ3) is 3.95. The standard InChI is InChI=1S/C9H6ClF3N2O2/c10-5-3-1-2-4-6(5)14-8(17)15-7(16)9(11,12)13/h1-4H,(H2,14,15,16,17). The molecule has 0 saturated carbocycles. The average Bonchev–Trinajstić information content (AvgIpc) is 2.20. The number of nitrogens with one attached hydrogen (secondary N) is 2. The fourth-order valence-corrected chi connectivity index (χ4v) is 1.07. The van der Waals surface area contributed by atoms with Gasteiger partial charge in [-0.15, -0.1) is 0 Å². The maximum Gasteiger partial charge on any atom is 0.471 e. The lowest BCUT2D eigenvalue weighted by Gasteiger charge is -2.09. The highest BCUT2D eigenvalue weighted by Gasteiger charge is 2.39. The zero-order chi connectivity index (χ0) is 13.1. The Bertz CT molecular complexity index is 448. The van der Waals surface area contributed by atoms with Crippen LogP contribution in [0, 0.1) is 0 Å². The third-order valence-corrected chi connectivity index (χ3v) is 1.94. The first-order valence-electron chi connectivity index (χ1n) is 4.24. The molecule has 0 bridgehead atoms. The topological polar surface area (TPSA) is 58.2 Å². The molecule has 0 aromatic heterocycles. The number of imide groups is 1. The number of para-hydroxylation sites is 1. The van der Waals surface area contributed by atoms with Crippen molar-refractivity contribution in [2.45, 2.75) is 6.18 Å². The van der Waals surface area contributed by atoms with Gasteiger partial charge in [0.25, 0.3) is 0 Å². The van der Waals surface area contributed by atoms with Crippen LogP contribution in [0.1, 0.15) is 0 Å². The molecular formula is C9H6ClF3N2O2. The molecule has 8 heteroatoms. The molecule has 0 fully saturated rings. The van der Waals surface area contributed by atoms with Crippen LogP contribution in [0.15, 0.2) is 24.3 Å². The maximum absolute atomic E-state index is 11.8. The van der Waals surface area contributed by atoms with E-state index < -0.39 is 18.1 Å². The smallest absolute Gasteiger partial charge is 0.306 e. The van der Waals surface area contributed by atoms with Gasteiger partial charge in [-0.25, -0.2) is 4.79 Å². The van der Waals surface area contributed by atoms with Gasteiger partial charge in [0.2, 0.25) is 0 Å². The molecule has 0 radical (unpaired) electrons. The minimum absolute atomic E-state index is 0.0987. The van der Waals surface area contributed by atoms with E-state index in [0.29, 0.717) is 0 Å². The highest BCUT2D eigenvalue weighted by molar-refractivity contribution is 6.33. The summed E-state index contributed by atoms with van der Waals surface area (Å²) in [5.41, 5.74) is 0.0987. The Kier molecular flexibility index (Phi) is 3.95. The van der Waals surface area contributed by atoms with Crippen molar-refractivity contribution in [3.63, 3.8) is 0 Å². The van der Waals surface area contributed by atoms with Crippen molar-refractivity contribution in [3.05, 3.63) is 29.3 Å². The van der Waals surface area contributed by atoms with Gasteiger partial charge in [0, 0.05) is 0 Å². The van der Waals surface area contributed by atoms with Gasteiger partial charge in [0.05, 0.1) is 10.7 Å². The second-order valence-electron chi connectivity index (χ2n) is 2.89. The zero-order valence-corrected chi connectivity index (χ0v) is 8.89. The summed E-state index contributed by atoms with van der Waals surface area (Å²) in [7, 11) is 0. The van der Waals surface area contributed by atoms with E-state index in [0.717, 1.165) is 5.32 Å². The summed E-state index contributed by atoms with van der Waals surface area (Å²) in [6.45, 7) is 0. The molecule has 0 heterocycles.